The molecule has 1 heterocycles. The first-order valence-corrected chi connectivity index (χ1v) is 12.2. The first kappa shape index (κ1) is 23.7. The smallest absolute Gasteiger partial charge is 0.310 e. The number of hydrogen-bond acceptors (Lipinski definition) is 4. The van der Waals surface area contributed by atoms with Gasteiger partial charge in [0.15, 0.2) is 6.61 Å². The van der Waals surface area contributed by atoms with E-state index in [1.54, 1.807) is 0 Å². The zero-order chi connectivity index (χ0) is 24.9. The number of nitrogens with zero attached hydrogens (tertiary/aromatic N) is 2. The second kappa shape index (κ2) is 10.7. The number of carbonyl (C=O) groups is 2. The van der Waals surface area contributed by atoms with E-state index in [-0.39, 0.29) is 30.1 Å². The van der Waals surface area contributed by atoms with Gasteiger partial charge in [0.05, 0.1) is 18.2 Å². The molecule has 182 valence electrons. The maximum absolute atomic E-state index is 13.3. The van der Waals surface area contributed by atoms with Gasteiger partial charge in [-0.2, -0.15) is 5.10 Å². The molecule has 2 atom stereocenters. The van der Waals surface area contributed by atoms with Crippen molar-refractivity contribution in [3.05, 3.63) is 113 Å². The van der Waals surface area contributed by atoms with E-state index in [1.165, 1.54) is 29.3 Å². The van der Waals surface area contributed by atoms with Gasteiger partial charge >= 0.3 is 5.97 Å². The molecule has 5 rings (SSSR count). The third-order valence-corrected chi connectivity index (χ3v) is 6.66. The Labute approximate surface area is 209 Å². The fourth-order valence-electron chi connectivity index (χ4n) is 4.97. The quantitative estimate of drug-likeness (QED) is 0.422. The molecule has 0 aromatic heterocycles. The summed E-state index contributed by atoms with van der Waals surface area (Å²) in [5.74, 6) is -1.20. The number of fused-ring (bicyclic) bond motifs is 1. The summed E-state index contributed by atoms with van der Waals surface area (Å²) in [6.45, 7) is -0.398. The molecule has 2 unspecified atom stereocenters. The van der Waals surface area contributed by atoms with E-state index < -0.39 is 12.6 Å². The van der Waals surface area contributed by atoms with Gasteiger partial charge in [-0.1, -0.05) is 72.8 Å². The van der Waals surface area contributed by atoms with Crippen LogP contribution in [0, 0.1) is 11.7 Å². The Balaban J connectivity index is 1.36. The average molecular weight is 483 g/mol. The second-order valence-corrected chi connectivity index (χ2v) is 9.12. The second-order valence-electron chi connectivity index (χ2n) is 9.12. The van der Waals surface area contributed by atoms with Crippen LogP contribution in [-0.2, 0) is 20.7 Å². The predicted molar refractivity (Wildman–Crippen MR) is 136 cm³/mol. The van der Waals surface area contributed by atoms with Crippen LogP contribution in [0.5, 0.6) is 0 Å². The minimum atomic E-state index is -0.542. The van der Waals surface area contributed by atoms with Gasteiger partial charge in [-0.3, -0.25) is 9.59 Å². The van der Waals surface area contributed by atoms with Crippen LogP contribution in [0.4, 0.5) is 4.39 Å². The van der Waals surface area contributed by atoms with Crippen LogP contribution < -0.4 is 0 Å². The number of carbonyl (C=O) groups excluding carboxylic acids is 2. The summed E-state index contributed by atoms with van der Waals surface area (Å²) in [5, 5.41) is 6.32. The van der Waals surface area contributed by atoms with Gasteiger partial charge in [0.2, 0.25) is 0 Å². The van der Waals surface area contributed by atoms with E-state index in [9.17, 15) is 14.0 Å². The van der Waals surface area contributed by atoms with Gasteiger partial charge in [0.1, 0.15) is 5.82 Å². The van der Waals surface area contributed by atoms with Crippen molar-refractivity contribution in [3.8, 4) is 0 Å². The molecule has 36 heavy (non-hydrogen) atoms. The molecular formula is C30H27FN2O3. The molecule has 6 heteroatoms. The average Bonchev–Trinajstić information content (AvgIpc) is 3.31. The Kier molecular flexibility index (Phi) is 7.03. The van der Waals surface area contributed by atoms with E-state index in [0.29, 0.717) is 5.56 Å². The van der Waals surface area contributed by atoms with Crippen molar-refractivity contribution >= 4 is 23.7 Å². The highest BCUT2D eigenvalue weighted by Gasteiger charge is 2.43. The van der Waals surface area contributed by atoms with E-state index in [2.05, 4.69) is 18.2 Å². The lowest BCUT2D eigenvalue weighted by Crippen LogP contribution is -2.34. The van der Waals surface area contributed by atoms with Crippen molar-refractivity contribution in [1.29, 1.82) is 0 Å². The number of rotatable bonds is 6. The molecule has 1 aliphatic carbocycles. The Morgan fingerprint density at radius 3 is 2.39 bits per heavy atom. The largest absolute Gasteiger partial charge is 0.455 e. The van der Waals surface area contributed by atoms with Gasteiger partial charge in [-0.25, -0.2) is 9.40 Å². The van der Waals surface area contributed by atoms with Gasteiger partial charge in [0.25, 0.3) is 5.91 Å². The number of esters is 1. The highest BCUT2D eigenvalue weighted by atomic mass is 19.1. The molecule has 1 fully saturated rings. The topological polar surface area (TPSA) is 59.0 Å². The summed E-state index contributed by atoms with van der Waals surface area (Å²) in [6.07, 6.45) is 4.97. The molecular weight excluding hydrogens is 455 g/mol. The normalized spacial score (nSPS) is 20.1. The van der Waals surface area contributed by atoms with Crippen LogP contribution in [-0.4, -0.2) is 29.2 Å². The Bertz CT molecular complexity index is 1290. The van der Waals surface area contributed by atoms with Crippen LogP contribution in [0.15, 0.2) is 95.6 Å². The molecule has 3 aromatic rings. The highest BCUT2D eigenvalue weighted by molar-refractivity contribution is 6.08. The summed E-state index contributed by atoms with van der Waals surface area (Å²) in [5.41, 5.74) is 4.81. The van der Waals surface area contributed by atoms with Gasteiger partial charge < -0.3 is 4.74 Å². The summed E-state index contributed by atoms with van der Waals surface area (Å²) < 4.78 is 18.4. The molecule has 5 nitrogen and oxygen atoms in total. The lowest BCUT2D eigenvalue weighted by Gasteiger charge is -2.29. The predicted octanol–water partition coefficient (Wildman–Crippen LogP) is 5.73. The zero-order valence-electron chi connectivity index (χ0n) is 19.8. The highest BCUT2D eigenvalue weighted by Crippen LogP contribution is 2.44. The summed E-state index contributed by atoms with van der Waals surface area (Å²) in [4.78, 5) is 25.7. The lowest BCUT2D eigenvalue weighted by atomic mass is 9.77. The standard InChI is InChI=1S/C30H27FN2O3/c31-25-16-14-22(15-17-25)19-28(35)36-20-27(34)33-30(23-10-5-2-6-11-23)26-13-7-12-24(29(26)32-33)18-21-8-3-1-4-9-21/h1-6,8-11,14-18,26,30H,7,12-13,19-20H2/b24-18-. The molecule has 0 spiro atoms. The van der Waals surface area contributed by atoms with Crippen molar-refractivity contribution < 1.29 is 18.7 Å². The van der Waals surface area contributed by atoms with Crippen LogP contribution in [0.3, 0.4) is 0 Å². The molecule has 1 amide bonds. The molecule has 2 aliphatic rings. The van der Waals surface area contributed by atoms with Crippen molar-refractivity contribution in [2.24, 2.45) is 11.0 Å². The van der Waals surface area contributed by atoms with Gasteiger partial charge in [0, 0.05) is 5.92 Å². The summed E-state index contributed by atoms with van der Waals surface area (Å²) >= 11 is 0. The maximum Gasteiger partial charge on any atom is 0.310 e. The molecule has 0 radical (unpaired) electrons. The van der Waals surface area contributed by atoms with Gasteiger partial charge in [-0.05, 0) is 59.7 Å². The maximum atomic E-state index is 13.3. The van der Waals surface area contributed by atoms with E-state index in [0.717, 1.165) is 41.7 Å². The van der Waals surface area contributed by atoms with Crippen molar-refractivity contribution in [1.82, 2.24) is 5.01 Å². The van der Waals surface area contributed by atoms with E-state index >= 15 is 0 Å². The van der Waals surface area contributed by atoms with Crippen LogP contribution >= 0.6 is 0 Å². The molecule has 1 saturated carbocycles. The van der Waals surface area contributed by atoms with Crippen molar-refractivity contribution in [2.45, 2.75) is 31.7 Å². The first-order chi connectivity index (χ1) is 17.6. The zero-order valence-corrected chi connectivity index (χ0v) is 19.8. The molecule has 3 aromatic carbocycles. The van der Waals surface area contributed by atoms with Crippen molar-refractivity contribution in [2.75, 3.05) is 6.61 Å². The third-order valence-electron chi connectivity index (χ3n) is 6.66. The van der Waals surface area contributed by atoms with Crippen LogP contribution in [0.2, 0.25) is 0 Å². The Morgan fingerprint density at radius 2 is 1.67 bits per heavy atom. The number of halogens is 1. The number of benzene rings is 3. The molecule has 1 aliphatic heterocycles. The number of hydrogen-bond donors (Lipinski definition) is 0. The van der Waals surface area contributed by atoms with Crippen LogP contribution in [0.1, 0.15) is 42.0 Å². The fourth-order valence-corrected chi connectivity index (χ4v) is 4.97. The number of allylic oxidation sites excluding steroid dienone is 1. The van der Waals surface area contributed by atoms with Gasteiger partial charge in [-0.15, -0.1) is 0 Å². The Hall–Kier alpha value is -4.06. The van der Waals surface area contributed by atoms with E-state index in [1.807, 2.05) is 48.5 Å². The van der Waals surface area contributed by atoms with Crippen LogP contribution in [0.25, 0.3) is 6.08 Å². The number of hydrazone groups is 1. The monoisotopic (exact) mass is 482 g/mol. The lowest BCUT2D eigenvalue weighted by molar-refractivity contribution is -0.152. The van der Waals surface area contributed by atoms with Crippen molar-refractivity contribution in [3.63, 3.8) is 0 Å². The first-order valence-electron chi connectivity index (χ1n) is 12.2. The number of amides is 1. The number of ether oxygens (including phenoxy) is 1. The molecule has 0 saturated heterocycles. The molecule has 0 N–H and O–H groups in total. The molecule has 0 bridgehead atoms. The fraction of sp³-hybridized carbons (Fsp3) is 0.233. The van der Waals surface area contributed by atoms with E-state index in [4.69, 9.17) is 9.84 Å². The SMILES string of the molecule is O=C(Cc1ccc(F)cc1)OCC(=O)N1N=C2/C(=C\c3ccccc3)CCCC2C1c1ccccc1. The third kappa shape index (κ3) is 5.28. The Morgan fingerprint density at radius 1 is 0.972 bits per heavy atom. The minimum Gasteiger partial charge on any atom is -0.455 e. The minimum absolute atomic E-state index is 0.0310. The summed E-state index contributed by atoms with van der Waals surface area (Å²) in [6, 6.07) is 25.4. The summed E-state index contributed by atoms with van der Waals surface area (Å²) in [7, 11) is 0.